The summed E-state index contributed by atoms with van der Waals surface area (Å²) in [6.07, 6.45) is 1.01. The van der Waals surface area contributed by atoms with E-state index in [0.717, 1.165) is 15.8 Å². The molecule has 10 nitrogen and oxygen atoms in total. The first kappa shape index (κ1) is 22.5. The topological polar surface area (TPSA) is 98.8 Å². The SMILES string of the molecule is CC(C)(C)OC(=O)N1CCN(c2noc(-c3ccc4cnn(C5COC5)c4c3)n2)CC(F)(F)C1. The third-order valence-electron chi connectivity index (χ3n) is 5.65. The molecule has 0 radical (unpaired) electrons. The van der Waals surface area contributed by atoms with Crippen molar-refractivity contribution in [2.45, 2.75) is 38.3 Å². The zero-order valence-electron chi connectivity index (χ0n) is 19.2. The number of benzene rings is 1. The Morgan fingerprint density at radius 1 is 1.21 bits per heavy atom. The number of hydrogen-bond donors (Lipinski definition) is 0. The first-order valence-corrected chi connectivity index (χ1v) is 11.1. The van der Waals surface area contributed by atoms with Gasteiger partial charge in [-0.05, 0) is 38.1 Å². The van der Waals surface area contributed by atoms with Crippen LogP contribution in [0.2, 0.25) is 0 Å². The molecule has 0 bridgehead atoms. The van der Waals surface area contributed by atoms with Crippen LogP contribution in [0.25, 0.3) is 22.4 Å². The number of halogens is 2. The number of rotatable bonds is 3. The summed E-state index contributed by atoms with van der Waals surface area (Å²) in [5.41, 5.74) is 0.786. The molecular weight excluding hydrogens is 450 g/mol. The molecule has 3 aromatic rings. The minimum atomic E-state index is -3.18. The molecule has 0 N–H and O–H groups in total. The second-order valence-electron chi connectivity index (χ2n) is 9.63. The molecule has 12 heteroatoms. The maximum Gasteiger partial charge on any atom is 0.410 e. The van der Waals surface area contributed by atoms with Gasteiger partial charge in [0.05, 0.1) is 44.1 Å². The van der Waals surface area contributed by atoms with E-state index in [1.165, 1.54) is 4.90 Å². The third-order valence-corrected chi connectivity index (χ3v) is 5.65. The van der Waals surface area contributed by atoms with E-state index < -0.39 is 30.7 Å². The second-order valence-corrected chi connectivity index (χ2v) is 9.63. The highest BCUT2D eigenvalue weighted by Gasteiger charge is 2.41. The van der Waals surface area contributed by atoms with Crippen molar-refractivity contribution in [1.82, 2.24) is 24.8 Å². The van der Waals surface area contributed by atoms with Gasteiger partial charge < -0.3 is 23.8 Å². The molecule has 2 saturated heterocycles. The van der Waals surface area contributed by atoms with E-state index in [1.807, 2.05) is 22.9 Å². The van der Waals surface area contributed by atoms with Crippen molar-refractivity contribution in [1.29, 1.82) is 0 Å². The standard InChI is InChI=1S/C22H26F2N6O4/c1-21(2,3)33-20(31)29-7-6-28(12-22(23,24)13-29)19-26-18(34-27-19)14-4-5-15-9-25-30(17(15)8-14)16-10-32-11-16/h4-5,8-9,16H,6-7,10-13H2,1-3H3. The van der Waals surface area contributed by atoms with Gasteiger partial charge in [0.15, 0.2) is 0 Å². The van der Waals surface area contributed by atoms with Gasteiger partial charge in [-0.25, -0.2) is 13.6 Å². The molecule has 182 valence electrons. The van der Waals surface area contributed by atoms with E-state index in [-0.39, 0.29) is 31.0 Å². The van der Waals surface area contributed by atoms with Gasteiger partial charge >= 0.3 is 6.09 Å². The summed E-state index contributed by atoms with van der Waals surface area (Å²) in [5.74, 6) is -2.92. The molecule has 2 aromatic heterocycles. The van der Waals surface area contributed by atoms with Gasteiger partial charge in [0, 0.05) is 24.0 Å². The summed E-state index contributed by atoms with van der Waals surface area (Å²) in [6, 6.07) is 5.79. The number of fused-ring (bicyclic) bond motifs is 1. The largest absolute Gasteiger partial charge is 0.444 e. The first-order chi connectivity index (χ1) is 16.1. The zero-order valence-corrected chi connectivity index (χ0v) is 19.2. The van der Waals surface area contributed by atoms with E-state index >= 15 is 0 Å². The maximum atomic E-state index is 14.7. The Bertz CT molecular complexity index is 1200. The summed E-state index contributed by atoms with van der Waals surface area (Å²) >= 11 is 0. The summed E-state index contributed by atoms with van der Waals surface area (Å²) in [5, 5.41) is 9.33. The fourth-order valence-electron chi connectivity index (χ4n) is 3.95. The van der Waals surface area contributed by atoms with E-state index in [1.54, 1.807) is 27.0 Å². The zero-order chi connectivity index (χ0) is 24.1. The molecule has 34 heavy (non-hydrogen) atoms. The number of nitrogens with zero attached hydrogens (tertiary/aromatic N) is 6. The van der Waals surface area contributed by atoms with Gasteiger partial charge in [0.1, 0.15) is 5.60 Å². The number of anilines is 1. The summed E-state index contributed by atoms with van der Waals surface area (Å²) in [7, 11) is 0. The van der Waals surface area contributed by atoms with Crippen molar-refractivity contribution >= 4 is 22.9 Å². The molecule has 2 aliphatic rings. The van der Waals surface area contributed by atoms with Crippen LogP contribution in [0.15, 0.2) is 28.9 Å². The van der Waals surface area contributed by atoms with Crippen molar-refractivity contribution in [2.24, 2.45) is 0 Å². The average Bonchev–Trinajstić information content (AvgIpc) is 3.31. The van der Waals surface area contributed by atoms with Crippen LogP contribution in [0.4, 0.5) is 19.5 Å². The smallest absolute Gasteiger partial charge is 0.410 e. The van der Waals surface area contributed by atoms with Gasteiger partial charge in [0.25, 0.3) is 17.8 Å². The van der Waals surface area contributed by atoms with Crippen LogP contribution < -0.4 is 4.90 Å². The molecule has 5 rings (SSSR count). The highest BCUT2D eigenvalue weighted by Crippen LogP contribution is 2.29. The lowest BCUT2D eigenvalue weighted by Gasteiger charge is -2.27. The van der Waals surface area contributed by atoms with Crippen LogP contribution in [0.5, 0.6) is 0 Å². The predicted octanol–water partition coefficient (Wildman–Crippen LogP) is 3.35. The van der Waals surface area contributed by atoms with Gasteiger partial charge in [-0.3, -0.25) is 4.68 Å². The van der Waals surface area contributed by atoms with Gasteiger partial charge in [-0.2, -0.15) is 10.1 Å². The number of amides is 1. The van der Waals surface area contributed by atoms with Crippen molar-refractivity contribution in [3.8, 4) is 11.5 Å². The lowest BCUT2D eigenvalue weighted by atomic mass is 10.1. The van der Waals surface area contributed by atoms with Crippen LogP contribution in [-0.4, -0.2) is 81.8 Å². The first-order valence-electron chi connectivity index (χ1n) is 11.1. The van der Waals surface area contributed by atoms with Crippen LogP contribution in [0.3, 0.4) is 0 Å². The lowest BCUT2D eigenvalue weighted by Crippen LogP contribution is -2.44. The Labute approximate surface area is 194 Å². The molecule has 0 spiro atoms. The van der Waals surface area contributed by atoms with E-state index in [9.17, 15) is 13.6 Å². The Hall–Kier alpha value is -3.28. The molecule has 0 aliphatic carbocycles. The fraction of sp³-hybridized carbons (Fsp3) is 0.545. The molecular formula is C22H26F2N6O4. The van der Waals surface area contributed by atoms with E-state index in [2.05, 4.69) is 15.2 Å². The molecule has 1 amide bonds. The molecule has 2 fully saturated rings. The van der Waals surface area contributed by atoms with Crippen LogP contribution in [0, 0.1) is 0 Å². The van der Waals surface area contributed by atoms with E-state index in [0.29, 0.717) is 18.8 Å². The lowest BCUT2D eigenvalue weighted by molar-refractivity contribution is -0.0285. The molecule has 2 aliphatic heterocycles. The number of carbonyl (C=O) groups is 1. The number of ether oxygens (including phenoxy) is 2. The predicted molar refractivity (Wildman–Crippen MR) is 118 cm³/mol. The molecule has 1 aromatic carbocycles. The van der Waals surface area contributed by atoms with Crippen LogP contribution in [0.1, 0.15) is 26.8 Å². The Kier molecular flexibility index (Phi) is 5.42. The van der Waals surface area contributed by atoms with E-state index in [4.69, 9.17) is 14.0 Å². The molecule has 4 heterocycles. The highest BCUT2D eigenvalue weighted by atomic mass is 19.3. The third kappa shape index (κ3) is 4.54. The van der Waals surface area contributed by atoms with Crippen LogP contribution in [-0.2, 0) is 9.47 Å². The highest BCUT2D eigenvalue weighted by molar-refractivity contribution is 5.83. The van der Waals surface area contributed by atoms with Gasteiger partial charge in [0.2, 0.25) is 0 Å². The Balaban J connectivity index is 1.35. The number of aromatic nitrogens is 4. The van der Waals surface area contributed by atoms with Crippen LogP contribution >= 0.6 is 0 Å². The molecule has 0 saturated carbocycles. The molecule has 0 unspecified atom stereocenters. The minimum Gasteiger partial charge on any atom is -0.444 e. The number of alkyl halides is 2. The van der Waals surface area contributed by atoms with Crippen molar-refractivity contribution < 1.29 is 27.6 Å². The second kappa shape index (κ2) is 8.19. The Morgan fingerprint density at radius 2 is 2.00 bits per heavy atom. The monoisotopic (exact) mass is 476 g/mol. The number of hydrogen-bond acceptors (Lipinski definition) is 8. The maximum absolute atomic E-state index is 14.7. The normalized spacial score (nSPS) is 19.2. The fourth-order valence-corrected chi connectivity index (χ4v) is 3.95. The quantitative estimate of drug-likeness (QED) is 0.568. The van der Waals surface area contributed by atoms with Crippen molar-refractivity contribution in [3.05, 3.63) is 24.4 Å². The average molecular weight is 476 g/mol. The van der Waals surface area contributed by atoms with Gasteiger partial charge in [-0.1, -0.05) is 6.07 Å². The summed E-state index contributed by atoms with van der Waals surface area (Å²) < 4.78 is 47.2. The molecule has 0 atom stereocenters. The summed E-state index contributed by atoms with van der Waals surface area (Å²) in [4.78, 5) is 19.1. The van der Waals surface area contributed by atoms with Crippen molar-refractivity contribution in [3.63, 3.8) is 0 Å². The number of carbonyl (C=O) groups excluding carboxylic acids is 1. The van der Waals surface area contributed by atoms with Crippen molar-refractivity contribution in [2.75, 3.05) is 44.3 Å². The van der Waals surface area contributed by atoms with Gasteiger partial charge in [-0.15, -0.1) is 0 Å². The Morgan fingerprint density at radius 3 is 2.71 bits per heavy atom. The minimum absolute atomic E-state index is 0.0433. The summed E-state index contributed by atoms with van der Waals surface area (Å²) in [6.45, 7) is 5.07.